The van der Waals surface area contributed by atoms with E-state index < -0.39 is 0 Å². The smallest absolute Gasteiger partial charge is 0.191 e. The lowest BCUT2D eigenvalue weighted by molar-refractivity contribution is 0.684. The number of nitrogens with one attached hydrogen (secondary N) is 2. The number of rotatable bonds is 7. The molecule has 3 rings (SSSR count). The van der Waals surface area contributed by atoms with Crippen LogP contribution in [0.25, 0.3) is 0 Å². The minimum atomic E-state index is 0.609. The van der Waals surface area contributed by atoms with E-state index in [0.29, 0.717) is 19.6 Å². The third kappa shape index (κ3) is 5.38. The van der Waals surface area contributed by atoms with Crippen LogP contribution in [0.3, 0.4) is 0 Å². The number of hydrogen-bond donors (Lipinski definition) is 2. The summed E-state index contributed by atoms with van der Waals surface area (Å²) in [4.78, 5) is 14.2. The van der Waals surface area contributed by atoms with Crippen LogP contribution in [-0.4, -0.2) is 32.3 Å². The summed E-state index contributed by atoms with van der Waals surface area (Å²) in [6.07, 6.45) is 5.16. The average Bonchev–Trinajstić information content (AvgIpc) is 3.29. The summed E-state index contributed by atoms with van der Waals surface area (Å²) in [7, 11) is 0. The second-order valence-electron chi connectivity index (χ2n) is 5.83. The number of guanidine groups is 1. The highest BCUT2D eigenvalue weighted by molar-refractivity contribution is 7.11. The predicted octanol–water partition coefficient (Wildman–Crippen LogP) is 2.35. The van der Waals surface area contributed by atoms with Crippen LogP contribution in [0, 0.1) is 6.92 Å². The molecule has 0 atom stereocenters. The molecular weight excluding hydrogens is 346 g/mol. The lowest BCUT2D eigenvalue weighted by Crippen LogP contribution is -2.36. The van der Waals surface area contributed by atoms with Gasteiger partial charge in [0, 0.05) is 17.6 Å². The van der Waals surface area contributed by atoms with Crippen LogP contribution in [0.4, 0.5) is 0 Å². The Labute approximate surface area is 157 Å². The topological polar surface area (TPSA) is 80.0 Å². The van der Waals surface area contributed by atoms with E-state index in [1.807, 2.05) is 10.9 Å². The van der Waals surface area contributed by atoms with Crippen molar-refractivity contribution in [2.24, 2.45) is 4.99 Å². The standard InChI is InChI=1S/C18H23N7S/c1-3-20-18(23-10-17-21-8-14(2)26-17)22-9-15-5-4-6-16(7-15)11-25-13-19-12-24-25/h4-8,12-13H,3,9-11H2,1-2H3,(H2,20,22,23). The molecule has 1 aromatic carbocycles. The predicted molar refractivity (Wildman–Crippen MR) is 104 cm³/mol. The van der Waals surface area contributed by atoms with Crippen molar-refractivity contribution >= 4 is 17.3 Å². The zero-order valence-corrected chi connectivity index (χ0v) is 15.8. The number of aromatic nitrogens is 4. The lowest BCUT2D eigenvalue weighted by atomic mass is 10.1. The Bertz CT molecular complexity index is 839. The highest BCUT2D eigenvalue weighted by Crippen LogP contribution is 2.11. The van der Waals surface area contributed by atoms with Crippen molar-refractivity contribution < 1.29 is 0 Å². The number of aryl methyl sites for hydroxylation is 1. The van der Waals surface area contributed by atoms with Crippen molar-refractivity contribution in [1.29, 1.82) is 0 Å². The van der Waals surface area contributed by atoms with Gasteiger partial charge < -0.3 is 10.6 Å². The second kappa shape index (κ2) is 9.10. The van der Waals surface area contributed by atoms with Crippen LogP contribution in [0.1, 0.15) is 27.9 Å². The van der Waals surface area contributed by atoms with Gasteiger partial charge in [-0.25, -0.2) is 19.6 Å². The first kappa shape index (κ1) is 18.1. The van der Waals surface area contributed by atoms with Gasteiger partial charge in [0.25, 0.3) is 0 Å². The largest absolute Gasteiger partial charge is 0.357 e. The van der Waals surface area contributed by atoms with Crippen molar-refractivity contribution in [2.45, 2.75) is 33.5 Å². The summed E-state index contributed by atoms with van der Waals surface area (Å²) < 4.78 is 1.81. The molecule has 0 aliphatic rings. The highest BCUT2D eigenvalue weighted by atomic mass is 32.1. The molecular formula is C18H23N7S. The molecule has 0 bridgehead atoms. The normalized spacial score (nSPS) is 11.5. The molecule has 3 aromatic rings. The van der Waals surface area contributed by atoms with Gasteiger partial charge in [-0.05, 0) is 25.0 Å². The Morgan fingerprint density at radius 3 is 2.88 bits per heavy atom. The van der Waals surface area contributed by atoms with E-state index in [1.54, 1.807) is 24.0 Å². The molecule has 136 valence electrons. The van der Waals surface area contributed by atoms with Crippen LogP contribution >= 0.6 is 11.3 Å². The minimum Gasteiger partial charge on any atom is -0.357 e. The van der Waals surface area contributed by atoms with Crippen molar-refractivity contribution in [2.75, 3.05) is 6.54 Å². The van der Waals surface area contributed by atoms with E-state index in [9.17, 15) is 0 Å². The first-order valence-electron chi connectivity index (χ1n) is 8.56. The Morgan fingerprint density at radius 2 is 2.15 bits per heavy atom. The second-order valence-corrected chi connectivity index (χ2v) is 7.15. The molecule has 0 saturated heterocycles. The lowest BCUT2D eigenvalue weighted by Gasteiger charge is -2.10. The molecule has 7 nitrogen and oxygen atoms in total. The number of thiazole rings is 1. The number of aliphatic imine (C=N–C) groups is 1. The number of hydrogen-bond acceptors (Lipinski definition) is 5. The zero-order chi connectivity index (χ0) is 18.2. The fourth-order valence-electron chi connectivity index (χ4n) is 2.48. The van der Waals surface area contributed by atoms with Gasteiger partial charge in [-0.1, -0.05) is 24.3 Å². The van der Waals surface area contributed by atoms with E-state index >= 15 is 0 Å². The van der Waals surface area contributed by atoms with Crippen LogP contribution in [-0.2, 0) is 19.6 Å². The van der Waals surface area contributed by atoms with Gasteiger partial charge in [-0.2, -0.15) is 5.10 Å². The van der Waals surface area contributed by atoms with Gasteiger partial charge in [-0.3, -0.25) is 0 Å². The van der Waals surface area contributed by atoms with E-state index in [1.165, 1.54) is 10.4 Å². The van der Waals surface area contributed by atoms with Gasteiger partial charge in [0.1, 0.15) is 17.7 Å². The maximum atomic E-state index is 4.68. The summed E-state index contributed by atoms with van der Waals surface area (Å²) in [5.41, 5.74) is 2.34. The van der Waals surface area contributed by atoms with E-state index in [0.717, 1.165) is 23.1 Å². The van der Waals surface area contributed by atoms with E-state index in [-0.39, 0.29) is 0 Å². The molecule has 0 unspecified atom stereocenters. The average molecular weight is 369 g/mol. The molecule has 0 saturated carbocycles. The van der Waals surface area contributed by atoms with Crippen molar-refractivity contribution in [3.63, 3.8) is 0 Å². The Balaban J connectivity index is 1.61. The fourth-order valence-corrected chi connectivity index (χ4v) is 3.21. The van der Waals surface area contributed by atoms with Crippen molar-refractivity contribution in [3.8, 4) is 0 Å². The molecule has 0 radical (unpaired) electrons. The molecule has 0 aliphatic heterocycles. The fraction of sp³-hybridized carbons (Fsp3) is 0.333. The van der Waals surface area contributed by atoms with Gasteiger partial charge in [0.2, 0.25) is 0 Å². The quantitative estimate of drug-likeness (QED) is 0.494. The van der Waals surface area contributed by atoms with E-state index in [4.69, 9.17) is 0 Å². The molecule has 0 fully saturated rings. The van der Waals surface area contributed by atoms with Gasteiger partial charge >= 0.3 is 0 Å². The van der Waals surface area contributed by atoms with Gasteiger partial charge in [-0.15, -0.1) is 11.3 Å². The number of nitrogens with zero attached hydrogens (tertiary/aromatic N) is 5. The zero-order valence-electron chi connectivity index (χ0n) is 15.0. The SMILES string of the molecule is CCNC(=NCc1cccc(Cn2cncn2)c1)NCc1ncc(C)s1. The Kier molecular flexibility index (Phi) is 6.32. The summed E-state index contributed by atoms with van der Waals surface area (Å²) in [5, 5.41) is 11.8. The molecule has 0 spiro atoms. The van der Waals surface area contributed by atoms with Crippen molar-refractivity contribution in [1.82, 2.24) is 30.4 Å². The minimum absolute atomic E-state index is 0.609. The summed E-state index contributed by atoms with van der Waals surface area (Å²) in [5.74, 6) is 0.794. The number of benzene rings is 1. The molecule has 26 heavy (non-hydrogen) atoms. The first-order chi connectivity index (χ1) is 12.7. The maximum Gasteiger partial charge on any atom is 0.191 e. The third-order valence-corrected chi connectivity index (χ3v) is 4.56. The molecule has 2 heterocycles. The van der Waals surface area contributed by atoms with E-state index in [2.05, 4.69) is 68.8 Å². The summed E-state index contributed by atoms with van der Waals surface area (Å²) >= 11 is 1.70. The van der Waals surface area contributed by atoms with Crippen LogP contribution in [0.15, 0.2) is 48.1 Å². The van der Waals surface area contributed by atoms with Crippen molar-refractivity contribution in [3.05, 3.63) is 64.1 Å². The maximum absolute atomic E-state index is 4.68. The molecule has 8 heteroatoms. The third-order valence-electron chi connectivity index (χ3n) is 3.64. The molecule has 2 aromatic heterocycles. The van der Waals surface area contributed by atoms with Gasteiger partial charge in [0.15, 0.2) is 5.96 Å². The first-order valence-corrected chi connectivity index (χ1v) is 9.38. The van der Waals surface area contributed by atoms with Crippen LogP contribution < -0.4 is 10.6 Å². The monoisotopic (exact) mass is 369 g/mol. The molecule has 2 N–H and O–H groups in total. The van der Waals surface area contributed by atoms with Crippen LogP contribution in [0.2, 0.25) is 0 Å². The van der Waals surface area contributed by atoms with Crippen LogP contribution in [0.5, 0.6) is 0 Å². The summed E-state index contributed by atoms with van der Waals surface area (Å²) in [6.45, 7) is 6.93. The highest BCUT2D eigenvalue weighted by Gasteiger charge is 2.02. The molecule has 0 amide bonds. The molecule has 0 aliphatic carbocycles. The Hall–Kier alpha value is -2.74. The summed E-state index contributed by atoms with van der Waals surface area (Å²) in [6, 6.07) is 8.37. The Morgan fingerprint density at radius 1 is 1.27 bits per heavy atom. The van der Waals surface area contributed by atoms with Gasteiger partial charge in [0.05, 0.1) is 19.6 Å².